The van der Waals surface area contributed by atoms with Crippen molar-refractivity contribution < 1.29 is 24.6 Å². The fourth-order valence-corrected chi connectivity index (χ4v) is 4.89. The number of nitrogens with two attached hydrogens (primary N) is 1. The molecule has 4 N–H and O–H groups in total. The van der Waals surface area contributed by atoms with Crippen LogP contribution in [0.1, 0.15) is 70.3 Å². The van der Waals surface area contributed by atoms with Crippen LogP contribution in [0.4, 0.5) is 0 Å². The maximum atomic E-state index is 12.1. The zero-order valence-corrected chi connectivity index (χ0v) is 19.0. The van der Waals surface area contributed by atoms with Gasteiger partial charge in [0.05, 0.1) is 17.8 Å². The van der Waals surface area contributed by atoms with Crippen molar-refractivity contribution in [3.05, 3.63) is 47.5 Å². The number of primary amides is 1. The number of aliphatic carboxylic acids is 2. The highest BCUT2D eigenvalue weighted by Gasteiger charge is 2.42. The fourth-order valence-electron chi connectivity index (χ4n) is 4.89. The molecule has 1 aromatic carbocycles. The van der Waals surface area contributed by atoms with E-state index < -0.39 is 41.5 Å². The number of hydrogen-bond donors (Lipinski definition) is 3. The van der Waals surface area contributed by atoms with Crippen LogP contribution in [0.25, 0.3) is 0 Å². The number of allylic oxidation sites excluding steroid dienone is 1. The zero-order chi connectivity index (χ0) is 23.5. The van der Waals surface area contributed by atoms with Gasteiger partial charge in [0.1, 0.15) is 0 Å². The fraction of sp³-hybridized carbons (Fsp3) is 0.577. The van der Waals surface area contributed by atoms with Crippen molar-refractivity contribution in [3.63, 3.8) is 0 Å². The first kappa shape index (κ1) is 25.6. The largest absolute Gasteiger partial charge is 0.481 e. The molecule has 1 aromatic rings. The van der Waals surface area contributed by atoms with Gasteiger partial charge in [0.15, 0.2) is 0 Å². The van der Waals surface area contributed by atoms with E-state index in [4.69, 9.17) is 5.73 Å². The quantitative estimate of drug-likeness (QED) is 0.281. The number of rotatable bonds is 14. The Bertz CT molecular complexity index is 789. The van der Waals surface area contributed by atoms with Crippen LogP contribution in [-0.2, 0) is 20.8 Å². The Morgan fingerprint density at radius 1 is 0.969 bits per heavy atom. The summed E-state index contributed by atoms with van der Waals surface area (Å²) >= 11 is 0. The number of hydrogen-bond acceptors (Lipinski definition) is 3. The van der Waals surface area contributed by atoms with Crippen LogP contribution in [0, 0.1) is 23.7 Å². The number of carboxylic acids is 2. The first-order valence-corrected chi connectivity index (χ1v) is 11.8. The first-order valence-electron chi connectivity index (χ1n) is 11.8. The molecule has 0 aromatic heterocycles. The second-order valence-electron chi connectivity index (χ2n) is 9.01. The molecule has 1 aliphatic carbocycles. The van der Waals surface area contributed by atoms with Crippen LogP contribution in [0.2, 0.25) is 0 Å². The topological polar surface area (TPSA) is 118 Å². The van der Waals surface area contributed by atoms with Gasteiger partial charge >= 0.3 is 11.9 Å². The van der Waals surface area contributed by atoms with E-state index >= 15 is 0 Å². The van der Waals surface area contributed by atoms with Gasteiger partial charge in [0.2, 0.25) is 5.91 Å². The van der Waals surface area contributed by atoms with Crippen LogP contribution in [0.3, 0.4) is 0 Å². The van der Waals surface area contributed by atoms with Crippen LogP contribution in [0.15, 0.2) is 42.0 Å². The van der Waals surface area contributed by atoms with E-state index in [2.05, 4.69) is 24.3 Å². The molecule has 6 heteroatoms. The van der Waals surface area contributed by atoms with Crippen LogP contribution >= 0.6 is 0 Å². The van der Waals surface area contributed by atoms with Gasteiger partial charge in [-0.1, -0.05) is 81.9 Å². The molecule has 6 nitrogen and oxygen atoms in total. The molecule has 4 unspecified atom stereocenters. The van der Waals surface area contributed by atoms with Crippen molar-refractivity contribution in [1.82, 2.24) is 0 Å². The third kappa shape index (κ3) is 7.50. The van der Waals surface area contributed by atoms with Gasteiger partial charge in [0.25, 0.3) is 0 Å². The Labute approximate surface area is 190 Å². The SMILES string of the molecule is CC1C(C(=O)O)CC=C(C(CCCCCCCCCc2ccccc2)C(=O)O)C1C(N)=O. The number of amides is 1. The lowest BCUT2D eigenvalue weighted by Gasteiger charge is -2.35. The Morgan fingerprint density at radius 2 is 1.56 bits per heavy atom. The molecule has 176 valence electrons. The second kappa shape index (κ2) is 13.0. The highest BCUT2D eigenvalue weighted by atomic mass is 16.4. The lowest BCUT2D eigenvalue weighted by molar-refractivity contribution is -0.144. The number of aryl methyl sites for hydroxylation is 1. The van der Waals surface area contributed by atoms with Crippen molar-refractivity contribution in [2.45, 2.75) is 71.1 Å². The van der Waals surface area contributed by atoms with Crippen molar-refractivity contribution in [1.29, 1.82) is 0 Å². The molecule has 0 heterocycles. The molecule has 0 bridgehead atoms. The normalized spacial score (nSPS) is 21.5. The summed E-state index contributed by atoms with van der Waals surface area (Å²) in [6.45, 7) is 1.68. The molecule has 32 heavy (non-hydrogen) atoms. The lowest BCUT2D eigenvalue weighted by atomic mass is 9.68. The summed E-state index contributed by atoms with van der Waals surface area (Å²) in [4.78, 5) is 35.4. The van der Waals surface area contributed by atoms with E-state index in [1.807, 2.05) is 6.07 Å². The third-order valence-corrected chi connectivity index (χ3v) is 6.75. The Balaban J connectivity index is 1.75. The maximum absolute atomic E-state index is 12.1. The van der Waals surface area contributed by atoms with Crippen molar-refractivity contribution in [2.24, 2.45) is 29.4 Å². The molecular weight excluding hydrogens is 406 g/mol. The minimum atomic E-state index is -0.977. The van der Waals surface area contributed by atoms with Gasteiger partial charge in [-0.2, -0.15) is 0 Å². The van der Waals surface area contributed by atoms with Crippen molar-refractivity contribution >= 4 is 17.8 Å². The summed E-state index contributed by atoms with van der Waals surface area (Å²) in [5.41, 5.74) is 7.43. The van der Waals surface area contributed by atoms with Gasteiger partial charge in [0, 0.05) is 0 Å². The lowest BCUT2D eigenvalue weighted by Crippen LogP contribution is -2.41. The predicted octanol–water partition coefficient (Wildman–Crippen LogP) is 4.82. The molecule has 0 radical (unpaired) electrons. The van der Waals surface area contributed by atoms with Crippen molar-refractivity contribution in [2.75, 3.05) is 0 Å². The molecular formula is C26H37NO5. The van der Waals surface area contributed by atoms with Crippen LogP contribution in [-0.4, -0.2) is 28.1 Å². The third-order valence-electron chi connectivity index (χ3n) is 6.75. The minimum Gasteiger partial charge on any atom is -0.481 e. The highest BCUT2D eigenvalue weighted by Crippen LogP contribution is 2.40. The van der Waals surface area contributed by atoms with Gasteiger partial charge < -0.3 is 15.9 Å². The number of carbonyl (C=O) groups is 3. The summed E-state index contributed by atoms with van der Waals surface area (Å²) in [5.74, 6) is -5.43. The summed E-state index contributed by atoms with van der Waals surface area (Å²) in [7, 11) is 0. The smallest absolute Gasteiger partial charge is 0.310 e. The van der Waals surface area contributed by atoms with Crippen LogP contribution < -0.4 is 5.73 Å². The van der Waals surface area contributed by atoms with E-state index in [1.54, 1.807) is 13.0 Å². The Hall–Kier alpha value is -2.63. The van der Waals surface area contributed by atoms with Crippen molar-refractivity contribution in [3.8, 4) is 0 Å². The Morgan fingerprint density at radius 3 is 2.12 bits per heavy atom. The molecule has 2 rings (SSSR count). The predicted molar refractivity (Wildman–Crippen MR) is 124 cm³/mol. The summed E-state index contributed by atoms with van der Waals surface area (Å²) in [5, 5.41) is 19.2. The van der Waals surface area contributed by atoms with Crippen LogP contribution in [0.5, 0.6) is 0 Å². The maximum Gasteiger partial charge on any atom is 0.310 e. The molecule has 0 fully saturated rings. The molecule has 1 aliphatic rings. The number of benzene rings is 1. The monoisotopic (exact) mass is 443 g/mol. The summed E-state index contributed by atoms with van der Waals surface area (Å²) in [6, 6.07) is 10.5. The molecule has 4 atom stereocenters. The van der Waals surface area contributed by atoms with E-state index in [0.29, 0.717) is 12.0 Å². The average molecular weight is 444 g/mol. The minimum absolute atomic E-state index is 0.238. The number of carbonyl (C=O) groups excluding carboxylic acids is 1. The van der Waals surface area contributed by atoms with Gasteiger partial charge in [-0.3, -0.25) is 14.4 Å². The number of carboxylic acid groups (broad SMARTS) is 2. The molecule has 0 saturated heterocycles. The Kier molecular flexibility index (Phi) is 10.4. The van der Waals surface area contributed by atoms with Gasteiger partial charge in [-0.25, -0.2) is 0 Å². The summed E-state index contributed by atoms with van der Waals surface area (Å²) < 4.78 is 0. The average Bonchev–Trinajstić information content (AvgIpc) is 2.75. The highest BCUT2D eigenvalue weighted by molar-refractivity contribution is 5.85. The first-order chi connectivity index (χ1) is 15.3. The summed E-state index contributed by atoms with van der Waals surface area (Å²) in [6.07, 6.45) is 10.9. The van der Waals surface area contributed by atoms with E-state index in [0.717, 1.165) is 32.1 Å². The second-order valence-corrected chi connectivity index (χ2v) is 9.01. The van der Waals surface area contributed by atoms with E-state index in [-0.39, 0.29) is 6.42 Å². The zero-order valence-electron chi connectivity index (χ0n) is 19.0. The number of unbranched alkanes of at least 4 members (excludes halogenated alkanes) is 6. The van der Waals surface area contributed by atoms with E-state index in [1.165, 1.54) is 24.8 Å². The molecule has 0 saturated carbocycles. The van der Waals surface area contributed by atoms with Gasteiger partial charge in [-0.15, -0.1) is 0 Å². The molecule has 0 aliphatic heterocycles. The molecule has 0 spiro atoms. The van der Waals surface area contributed by atoms with Gasteiger partial charge in [-0.05, 0) is 42.7 Å². The van der Waals surface area contributed by atoms with E-state index in [9.17, 15) is 24.6 Å². The molecule has 1 amide bonds. The standard InChI is InChI=1S/C26H37NO5/c1-18-20(25(29)30)16-17-21(23(18)24(27)28)22(26(31)32)15-11-6-4-2-3-5-8-12-19-13-9-7-10-14-19/h7,9-10,13-14,17-18,20,22-23H,2-6,8,11-12,15-16H2,1H3,(H2,27,28)(H,29,30)(H,31,32).